The Hall–Kier alpha value is -2.16. The van der Waals surface area contributed by atoms with Gasteiger partial charge in [-0.2, -0.15) is 0 Å². The fraction of sp³-hybridized carbons (Fsp3) is 0.680. The topological polar surface area (TPSA) is 94.1 Å². The standard InChI is InChI=1S/C25H38N4O4/c1-26-25(20-7-4-3-5-8-20)13-11-23(12-14-25)18-28(17-21(30)27-15-16-33-2)22(31)29(23)19-24(32)9-6-10-24/h3-5,7-8,26,32H,6,9-19H2,1-2H3,(H,27,30). The smallest absolute Gasteiger partial charge is 0.321 e. The molecule has 3 fully saturated rings. The molecule has 1 aliphatic heterocycles. The number of rotatable bonds is 9. The number of nitrogens with zero attached hydrogens (tertiary/aromatic N) is 2. The maximum absolute atomic E-state index is 13.5. The molecule has 1 aromatic carbocycles. The lowest BCUT2D eigenvalue weighted by Gasteiger charge is -2.50. The Kier molecular flexibility index (Phi) is 6.98. The first-order valence-electron chi connectivity index (χ1n) is 12.1. The molecule has 1 saturated heterocycles. The first-order chi connectivity index (χ1) is 15.9. The van der Waals surface area contributed by atoms with Crippen LogP contribution in [0.4, 0.5) is 4.79 Å². The number of aliphatic hydroxyl groups is 1. The van der Waals surface area contributed by atoms with E-state index in [4.69, 9.17) is 4.74 Å². The highest BCUT2D eigenvalue weighted by molar-refractivity contribution is 5.86. The first kappa shape index (κ1) is 24.0. The van der Waals surface area contributed by atoms with Crippen LogP contribution in [0.5, 0.6) is 0 Å². The Bertz CT molecular complexity index is 834. The lowest BCUT2D eigenvalue weighted by molar-refractivity contribution is -0.121. The predicted octanol–water partition coefficient (Wildman–Crippen LogP) is 1.83. The molecule has 3 N–H and O–H groups in total. The number of carbonyl (C=O) groups is 2. The summed E-state index contributed by atoms with van der Waals surface area (Å²) >= 11 is 0. The van der Waals surface area contributed by atoms with E-state index in [1.165, 1.54) is 5.56 Å². The van der Waals surface area contributed by atoms with Gasteiger partial charge in [0.15, 0.2) is 0 Å². The number of hydrogen-bond acceptors (Lipinski definition) is 5. The molecule has 182 valence electrons. The lowest BCUT2D eigenvalue weighted by atomic mass is 9.68. The third-order valence-electron chi connectivity index (χ3n) is 8.10. The van der Waals surface area contributed by atoms with Gasteiger partial charge < -0.3 is 30.3 Å². The molecule has 1 spiro atoms. The number of β-amino-alcohol motifs (C(OH)–C–C–N with tert-alkyl or cyclic N) is 1. The van der Waals surface area contributed by atoms with Crippen LogP contribution in [0.2, 0.25) is 0 Å². The van der Waals surface area contributed by atoms with E-state index in [9.17, 15) is 14.7 Å². The Balaban J connectivity index is 1.52. The molecule has 0 radical (unpaired) electrons. The molecule has 0 bridgehead atoms. The predicted molar refractivity (Wildman–Crippen MR) is 126 cm³/mol. The van der Waals surface area contributed by atoms with Crippen LogP contribution in [0.1, 0.15) is 50.5 Å². The van der Waals surface area contributed by atoms with Crippen molar-refractivity contribution < 1.29 is 19.4 Å². The Labute approximate surface area is 196 Å². The number of hydrogen-bond donors (Lipinski definition) is 3. The van der Waals surface area contributed by atoms with Crippen molar-refractivity contribution in [1.29, 1.82) is 0 Å². The van der Waals surface area contributed by atoms with Gasteiger partial charge in [0.25, 0.3) is 0 Å². The number of amides is 3. The van der Waals surface area contributed by atoms with Crippen LogP contribution in [0.15, 0.2) is 30.3 Å². The van der Waals surface area contributed by atoms with Gasteiger partial charge in [0.05, 0.1) is 24.3 Å². The molecule has 8 heteroatoms. The summed E-state index contributed by atoms with van der Waals surface area (Å²) in [6.45, 7) is 1.77. The van der Waals surface area contributed by atoms with Crippen LogP contribution in [0, 0.1) is 0 Å². The van der Waals surface area contributed by atoms with E-state index in [-0.39, 0.29) is 29.6 Å². The fourth-order valence-electron chi connectivity index (χ4n) is 5.81. The van der Waals surface area contributed by atoms with Crippen molar-refractivity contribution in [2.24, 2.45) is 0 Å². The lowest BCUT2D eigenvalue weighted by Crippen LogP contribution is -2.59. The minimum Gasteiger partial charge on any atom is -0.388 e. The normalized spacial score (nSPS) is 28.8. The largest absolute Gasteiger partial charge is 0.388 e. The molecule has 2 aliphatic carbocycles. The quantitative estimate of drug-likeness (QED) is 0.491. The molecule has 1 aromatic rings. The van der Waals surface area contributed by atoms with Gasteiger partial charge in [-0.25, -0.2) is 4.79 Å². The van der Waals surface area contributed by atoms with Crippen LogP contribution in [0.3, 0.4) is 0 Å². The van der Waals surface area contributed by atoms with Crippen LogP contribution in [-0.4, -0.2) is 84.9 Å². The van der Waals surface area contributed by atoms with Crippen molar-refractivity contribution in [3.8, 4) is 0 Å². The molecule has 3 amide bonds. The summed E-state index contributed by atoms with van der Waals surface area (Å²) in [6.07, 6.45) is 5.89. The van der Waals surface area contributed by atoms with E-state index in [1.807, 2.05) is 18.0 Å². The second-order valence-corrected chi connectivity index (χ2v) is 10.1. The molecule has 2 saturated carbocycles. The summed E-state index contributed by atoms with van der Waals surface area (Å²) in [5.74, 6) is -0.176. The maximum atomic E-state index is 13.5. The monoisotopic (exact) mass is 458 g/mol. The number of urea groups is 1. The molecule has 1 heterocycles. The number of benzene rings is 1. The summed E-state index contributed by atoms with van der Waals surface area (Å²) in [5.41, 5.74) is -0.00880. The third-order valence-corrected chi connectivity index (χ3v) is 8.10. The van der Waals surface area contributed by atoms with E-state index in [2.05, 4.69) is 34.9 Å². The second-order valence-electron chi connectivity index (χ2n) is 10.1. The van der Waals surface area contributed by atoms with Crippen LogP contribution >= 0.6 is 0 Å². The summed E-state index contributed by atoms with van der Waals surface area (Å²) in [7, 11) is 3.60. The van der Waals surface area contributed by atoms with Gasteiger partial charge in [0, 0.05) is 25.7 Å². The zero-order valence-electron chi connectivity index (χ0n) is 19.9. The van der Waals surface area contributed by atoms with E-state index in [0.29, 0.717) is 26.2 Å². The summed E-state index contributed by atoms with van der Waals surface area (Å²) in [5, 5.41) is 17.3. The van der Waals surface area contributed by atoms with Gasteiger partial charge in [-0.05, 0) is 57.6 Å². The zero-order chi connectivity index (χ0) is 23.5. The highest BCUT2D eigenvalue weighted by Crippen LogP contribution is 2.48. The van der Waals surface area contributed by atoms with E-state index >= 15 is 0 Å². The van der Waals surface area contributed by atoms with Crippen LogP contribution < -0.4 is 10.6 Å². The molecular formula is C25H38N4O4. The number of ether oxygens (including phenoxy) is 1. The van der Waals surface area contributed by atoms with Crippen molar-refractivity contribution in [2.75, 3.05) is 46.9 Å². The third kappa shape index (κ3) is 4.74. The van der Waals surface area contributed by atoms with Crippen LogP contribution in [-0.2, 0) is 15.1 Å². The Morgan fingerprint density at radius 1 is 1.12 bits per heavy atom. The van der Waals surface area contributed by atoms with Crippen molar-refractivity contribution >= 4 is 11.9 Å². The Morgan fingerprint density at radius 3 is 2.39 bits per heavy atom. The summed E-state index contributed by atoms with van der Waals surface area (Å²) < 4.78 is 4.99. The summed E-state index contributed by atoms with van der Waals surface area (Å²) in [6, 6.07) is 10.4. The molecule has 3 aliphatic rings. The molecule has 0 atom stereocenters. The van der Waals surface area contributed by atoms with Gasteiger partial charge in [0.1, 0.15) is 6.54 Å². The fourth-order valence-corrected chi connectivity index (χ4v) is 5.81. The van der Waals surface area contributed by atoms with Crippen LogP contribution in [0.25, 0.3) is 0 Å². The highest BCUT2D eigenvalue weighted by Gasteiger charge is 2.56. The number of methoxy groups -OCH3 is 1. The highest BCUT2D eigenvalue weighted by atomic mass is 16.5. The molecule has 0 aromatic heterocycles. The molecule has 4 rings (SSSR count). The molecule has 33 heavy (non-hydrogen) atoms. The van der Waals surface area contributed by atoms with Gasteiger partial charge in [-0.15, -0.1) is 0 Å². The number of carbonyl (C=O) groups excluding carboxylic acids is 2. The summed E-state index contributed by atoms with van der Waals surface area (Å²) in [4.78, 5) is 29.5. The van der Waals surface area contributed by atoms with E-state index in [0.717, 1.165) is 44.9 Å². The SMILES string of the molecule is CNC1(c2ccccc2)CCC2(CC1)CN(CC(=O)NCCOC)C(=O)N2CC1(O)CCC1. The van der Waals surface area contributed by atoms with Gasteiger partial charge in [-0.1, -0.05) is 30.3 Å². The average molecular weight is 459 g/mol. The van der Waals surface area contributed by atoms with Crippen molar-refractivity contribution in [2.45, 2.75) is 61.6 Å². The number of nitrogens with one attached hydrogen (secondary N) is 2. The second kappa shape index (κ2) is 9.60. The van der Waals surface area contributed by atoms with Crippen molar-refractivity contribution in [1.82, 2.24) is 20.4 Å². The minimum atomic E-state index is -0.795. The zero-order valence-corrected chi connectivity index (χ0v) is 19.9. The first-order valence-corrected chi connectivity index (χ1v) is 12.1. The van der Waals surface area contributed by atoms with Gasteiger partial charge in [0.2, 0.25) is 5.91 Å². The molecule has 0 unspecified atom stereocenters. The average Bonchev–Trinajstić information content (AvgIpc) is 3.05. The molecule has 8 nitrogen and oxygen atoms in total. The maximum Gasteiger partial charge on any atom is 0.321 e. The van der Waals surface area contributed by atoms with Gasteiger partial charge >= 0.3 is 6.03 Å². The van der Waals surface area contributed by atoms with E-state index < -0.39 is 5.60 Å². The van der Waals surface area contributed by atoms with E-state index in [1.54, 1.807) is 12.0 Å². The Morgan fingerprint density at radius 2 is 1.82 bits per heavy atom. The molecular weight excluding hydrogens is 420 g/mol. The van der Waals surface area contributed by atoms with Gasteiger partial charge in [-0.3, -0.25) is 4.79 Å². The minimum absolute atomic E-state index is 0.0368. The van der Waals surface area contributed by atoms with Crippen molar-refractivity contribution in [3.63, 3.8) is 0 Å². The van der Waals surface area contributed by atoms with Crippen molar-refractivity contribution in [3.05, 3.63) is 35.9 Å².